The van der Waals surface area contributed by atoms with Crippen molar-refractivity contribution in [3.8, 4) is 22.6 Å². The number of carboxylic acid groups (broad SMARTS) is 1. The molecule has 0 bridgehead atoms. The highest BCUT2D eigenvalue weighted by Gasteiger charge is 2.25. The molecule has 0 aliphatic heterocycles. The Morgan fingerprint density at radius 3 is 2.72 bits per heavy atom. The molecular formula is C23H19FN6O2. The summed E-state index contributed by atoms with van der Waals surface area (Å²) in [5, 5.41) is 10.9. The lowest BCUT2D eigenvalue weighted by atomic mass is 10.0. The maximum absolute atomic E-state index is 13.8. The summed E-state index contributed by atoms with van der Waals surface area (Å²) in [5.74, 6) is -1.61. The molecule has 5 rings (SSSR count). The zero-order valence-corrected chi connectivity index (χ0v) is 17.3. The van der Waals surface area contributed by atoms with Crippen LogP contribution in [0, 0.1) is 11.7 Å². The monoisotopic (exact) mass is 430 g/mol. The van der Waals surface area contributed by atoms with Crippen LogP contribution in [0.25, 0.3) is 44.7 Å². The lowest BCUT2D eigenvalue weighted by molar-refractivity contribution is -0.142. The van der Waals surface area contributed by atoms with Crippen LogP contribution in [-0.4, -0.2) is 40.6 Å². The second-order valence-electron chi connectivity index (χ2n) is 7.72. The predicted octanol–water partition coefficient (Wildman–Crippen LogP) is 4.46. The van der Waals surface area contributed by atoms with Gasteiger partial charge in [-0.3, -0.25) is 9.78 Å². The molecule has 32 heavy (non-hydrogen) atoms. The molecule has 5 aromatic rings. The first-order chi connectivity index (χ1) is 15.4. The summed E-state index contributed by atoms with van der Waals surface area (Å²) in [6, 6.07) is 6.60. The molecule has 0 radical (unpaired) electrons. The highest BCUT2D eigenvalue weighted by molar-refractivity contribution is 5.96. The van der Waals surface area contributed by atoms with E-state index in [2.05, 4.69) is 19.9 Å². The molecular weight excluding hydrogens is 411 g/mol. The third-order valence-electron chi connectivity index (χ3n) is 5.80. The number of carboxylic acids is 1. The fourth-order valence-corrected chi connectivity index (χ4v) is 3.81. The second kappa shape index (κ2) is 7.52. The van der Waals surface area contributed by atoms with E-state index in [4.69, 9.17) is 4.98 Å². The molecule has 0 aliphatic carbocycles. The van der Waals surface area contributed by atoms with Crippen LogP contribution < -0.4 is 0 Å². The number of carbonyl (C=O) groups is 1. The Hall–Kier alpha value is -4.14. The van der Waals surface area contributed by atoms with E-state index in [-0.39, 0.29) is 6.04 Å². The van der Waals surface area contributed by atoms with Gasteiger partial charge in [0.25, 0.3) is 0 Å². The minimum absolute atomic E-state index is 0.378. The van der Waals surface area contributed by atoms with Crippen LogP contribution in [0.3, 0.4) is 0 Å². The molecule has 0 aromatic carbocycles. The summed E-state index contributed by atoms with van der Waals surface area (Å²) in [4.78, 5) is 32.5. The number of nitrogens with zero attached hydrogens (tertiary/aromatic N) is 5. The molecule has 0 spiro atoms. The molecule has 8 nitrogen and oxygen atoms in total. The number of halogens is 1. The molecule has 0 amide bonds. The van der Waals surface area contributed by atoms with Crippen LogP contribution in [-0.2, 0) is 4.79 Å². The Labute approximate surface area is 181 Å². The topological polar surface area (TPSA) is 110 Å². The van der Waals surface area contributed by atoms with Gasteiger partial charge in [-0.05, 0) is 32.0 Å². The normalized spacial score (nSPS) is 13.5. The third-order valence-corrected chi connectivity index (χ3v) is 5.80. The van der Waals surface area contributed by atoms with Gasteiger partial charge in [0.1, 0.15) is 17.1 Å². The standard InChI is InChI=1S/C23H19FN6O2/c1-12(23(31)32)13(2)30-11-18(19-5-3-4-6-25-19)17-10-28-21(29-22(17)30)16-9-27-20-15(16)7-14(24)8-26-20/h3-13H,1-2H3,(H,26,27)(H,31,32)/t12-,13-/m1/s1. The van der Waals surface area contributed by atoms with E-state index in [1.165, 1.54) is 6.07 Å². The van der Waals surface area contributed by atoms with Gasteiger partial charge in [-0.1, -0.05) is 6.07 Å². The van der Waals surface area contributed by atoms with Crippen LogP contribution in [0.1, 0.15) is 19.9 Å². The smallest absolute Gasteiger partial charge is 0.308 e. The quantitative estimate of drug-likeness (QED) is 0.426. The van der Waals surface area contributed by atoms with Gasteiger partial charge in [0, 0.05) is 52.7 Å². The van der Waals surface area contributed by atoms with E-state index in [0.717, 1.165) is 22.8 Å². The minimum atomic E-state index is -0.897. The van der Waals surface area contributed by atoms with Gasteiger partial charge in [-0.15, -0.1) is 0 Å². The number of aromatic nitrogens is 6. The number of nitrogens with one attached hydrogen (secondary N) is 1. The van der Waals surface area contributed by atoms with Crippen molar-refractivity contribution in [2.75, 3.05) is 0 Å². The second-order valence-corrected chi connectivity index (χ2v) is 7.72. The first-order valence-corrected chi connectivity index (χ1v) is 10.1. The van der Waals surface area contributed by atoms with Crippen molar-refractivity contribution in [2.45, 2.75) is 19.9 Å². The number of hydrogen-bond donors (Lipinski definition) is 2. The van der Waals surface area contributed by atoms with Gasteiger partial charge in [0.15, 0.2) is 5.82 Å². The molecule has 0 fully saturated rings. The molecule has 2 atom stereocenters. The zero-order valence-electron chi connectivity index (χ0n) is 17.3. The molecule has 160 valence electrons. The average Bonchev–Trinajstić information content (AvgIpc) is 3.39. The molecule has 0 aliphatic rings. The van der Waals surface area contributed by atoms with E-state index in [9.17, 15) is 14.3 Å². The van der Waals surface area contributed by atoms with Gasteiger partial charge in [0.2, 0.25) is 0 Å². The van der Waals surface area contributed by atoms with Crippen LogP contribution in [0.5, 0.6) is 0 Å². The van der Waals surface area contributed by atoms with Crippen LogP contribution in [0.2, 0.25) is 0 Å². The first kappa shape index (κ1) is 19.8. The molecule has 9 heteroatoms. The number of rotatable bonds is 5. The maximum atomic E-state index is 13.8. The van der Waals surface area contributed by atoms with Gasteiger partial charge in [-0.25, -0.2) is 19.3 Å². The zero-order chi connectivity index (χ0) is 22.4. The Kier molecular flexibility index (Phi) is 4.66. The lowest BCUT2D eigenvalue weighted by Crippen LogP contribution is -2.21. The Balaban J connectivity index is 1.74. The van der Waals surface area contributed by atoms with E-state index >= 15 is 0 Å². The van der Waals surface area contributed by atoms with Crippen molar-refractivity contribution in [2.24, 2.45) is 5.92 Å². The summed E-state index contributed by atoms with van der Waals surface area (Å²) in [6.45, 7) is 3.50. The van der Waals surface area contributed by atoms with Gasteiger partial charge < -0.3 is 14.7 Å². The molecule has 0 saturated carbocycles. The fraction of sp³-hybridized carbons (Fsp3) is 0.174. The molecule has 0 unspecified atom stereocenters. The number of H-pyrrole nitrogens is 1. The van der Waals surface area contributed by atoms with Crippen molar-refractivity contribution in [3.63, 3.8) is 0 Å². The largest absolute Gasteiger partial charge is 0.481 e. The van der Waals surface area contributed by atoms with Crippen molar-refractivity contribution in [3.05, 3.63) is 61.1 Å². The van der Waals surface area contributed by atoms with E-state index in [1.54, 1.807) is 25.5 Å². The fourth-order valence-electron chi connectivity index (χ4n) is 3.81. The summed E-state index contributed by atoms with van der Waals surface area (Å²) in [7, 11) is 0. The van der Waals surface area contributed by atoms with Gasteiger partial charge in [-0.2, -0.15) is 0 Å². The summed E-state index contributed by atoms with van der Waals surface area (Å²) < 4.78 is 15.6. The van der Waals surface area contributed by atoms with Crippen molar-refractivity contribution in [1.82, 2.24) is 29.5 Å². The van der Waals surface area contributed by atoms with E-state index in [1.807, 2.05) is 35.9 Å². The number of hydrogen-bond acceptors (Lipinski definition) is 5. The van der Waals surface area contributed by atoms with E-state index in [0.29, 0.717) is 28.1 Å². The number of aromatic amines is 1. The van der Waals surface area contributed by atoms with Crippen molar-refractivity contribution < 1.29 is 14.3 Å². The minimum Gasteiger partial charge on any atom is -0.481 e. The molecule has 0 saturated heterocycles. The summed E-state index contributed by atoms with van der Waals surface area (Å²) >= 11 is 0. The molecule has 5 aromatic heterocycles. The van der Waals surface area contributed by atoms with Crippen molar-refractivity contribution >= 4 is 28.0 Å². The lowest BCUT2D eigenvalue weighted by Gasteiger charge is -2.18. The molecule has 2 N–H and O–H groups in total. The summed E-state index contributed by atoms with van der Waals surface area (Å²) in [6.07, 6.45) is 8.10. The van der Waals surface area contributed by atoms with Gasteiger partial charge in [0.05, 0.1) is 17.8 Å². The Morgan fingerprint density at radius 1 is 1.12 bits per heavy atom. The molecule has 5 heterocycles. The highest BCUT2D eigenvalue weighted by atomic mass is 19.1. The summed E-state index contributed by atoms with van der Waals surface area (Å²) in [5.41, 5.74) is 3.27. The maximum Gasteiger partial charge on any atom is 0.308 e. The predicted molar refractivity (Wildman–Crippen MR) is 117 cm³/mol. The van der Waals surface area contributed by atoms with Gasteiger partial charge >= 0.3 is 5.97 Å². The number of fused-ring (bicyclic) bond motifs is 2. The highest BCUT2D eigenvalue weighted by Crippen LogP contribution is 2.34. The Morgan fingerprint density at radius 2 is 1.97 bits per heavy atom. The Bertz CT molecular complexity index is 1460. The van der Waals surface area contributed by atoms with Crippen LogP contribution in [0.15, 0.2) is 55.2 Å². The van der Waals surface area contributed by atoms with E-state index < -0.39 is 17.7 Å². The number of aliphatic carboxylic acids is 1. The third kappa shape index (κ3) is 3.18. The van der Waals surface area contributed by atoms with Crippen LogP contribution >= 0.6 is 0 Å². The van der Waals surface area contributed by atoms with Crippen molar-refractivity contribution in [1.29, 1.82) is 0 Å². The average molecular weight is 430 g/mol. The first-order valence-electron chi connectivity index (χ1n) is 10.1. The SMILES string of the molecule is C[C@H]([C@@H](C)C(=O)O)n1cc(-c2ccccn2)c2cnc(-c3c[nH]c4ncc(F)cc34)nc21. The number of pyridine rings is 2. The van der Waals surface area contributed by atoms with Crippen LogP contribution in [0.4, 0.5) is 4.39 Å².